The molecule has 0 spiro atoms. The van der Waals surface area contributed by atoms with E-state index in [4.69, 9.17) is 9.52 Å². The first-order valence-corrected chi connectivity index (χ1v) is 6.65. The summed E-state index contributed by atoms with van der Waals surface area (Å²) in [7, 11) is 0. The van der Waals surface area contributed by atoms with Crippen LogP contribution in [-0.4, -0.2) is 17.1 Å². The van der Waals surface area contributed by atoms with Crippen molar-refractivity contribution in [1.82, 2.24) is 5.32 Å². The Balaban J connectivity index is 1.81. The van der Waals surface area contributed by atoms with Crippen LogP contribution >= 0.6 is 15.9 Å². The van der Waals surface area contributed by atoms with Crippen molar-refractivity contribution >= 4 is 21.9 Å². The van der Waals surface area contributed by atoms with Gasteiger partial charge in [0.2, 0.25) is 0 Å². The van der Waals surface area contributed by atoms with Crippen LogP contribution in [-0.2, 0) is 11.3 Å². The molecule has 2 atom stereocenters. The van der Waals surface area contributed by atoms with Crippen LogP contribution in [0.25, 0.3) is 0 Å². The maximum atomic E-state index is 10.9. The molecular weight excluding hydrogens is 286 g/mol. The molecule has 1 aliphatic rings. The number of carbonyl (C=O) groups is 1. The Bertz CT molecular complexity index is 391. The lowest BCUT2D eigenvalue weighted by molar-refractivity contribution is -0.143. The predicted molar refractivity (Wildman–Crippen MR) is 66.6 cm³/mol. The molecular formula is C12H16BrNO3. The largest absolute Gasteiger partial charge is 0.481 e. The van der Waals surface area contributed by atoms with Crippen LogP contribution in [0.1, 0.15) is 31.4 Å². The lowest BCUT2D eigenvalue weighted by Gasteiger charge is -2.27. The second-order valence-electron chi connectivity index (χ2n) is 4.49. The highest BCUT2D eigenvalue weighted by Crippen LogP contribution is 2.25. The molecule has 0 radical (unpaired) electrons. The number of aliphatic carboxylic acids is 1. The lowest BCUT2D eigenvalue weighted by Crippen LogP contribution is -2.35. The molecule has 0 aromatic carbocycles. The molecule has 0 saturated heterocycles. The van der Waals surface area contributed by atoms with E-state index in [9.17, 15) is 4.79 Å². The van der Waals surface area contributed by atoms with Crippen molar-refractivity contribution in [1.29, 1.82) is 0 Å². The number of rotatable bonds is 4. The molecule has 1 heterocycles. The van der Waals surface area contributed by atoms with Crippen molar-refractivity contribution in [3.05, 3.63) is 22.6 Å². The van der Waals surface area contributed by atoms with E-state index < -0.39 is 5.97 Å². The molecule has 1 aromatic heterocycles. The summed E-state index contributed by atoms with van der Waals surface area (Å²) < 4.78 is 6.11. The summed E-state index contributed by atoms with van der Waals surface area (Å²) in [5.41, 5.74) is 0. The second-order valence-corrected chi connectivity index (χ2v) is 5.27. The number of hydrogen-bond acceptors (Lipinski definition) is 3. The molecule has 0 bridgehead atoms. The molecule has 17 heavy (non-hydrogen) atoms. The third kappa shape index (κ3) is 3.57. The molecule has 1 saturated carbocycles. The normalized spacial score (nSPS) is 24.8. The zero-order valence-electron chi connectivity index (χ0n) is 9.49. The average Bonchev–Trinajstić information content (AvgIpc) is 2.73. The van der Waals surface area contributed by atoms with Crippen molar-refractivity contribution in [2.45, 2.75) is 38.3 Å². The Hall–Kier alpha value is -0.810. The fraction of sp³-hybridized carbons (Fsp3) is 0.583. The van der Waals surface area contributed by atoms with Gasteiger partial charge in [-0.25, -0.2) is 0 Å². The number of nitrogens with one attached hydrogen (secondary N) is 1. The number of carboxylic acid groups (broad SMARTS) is 1. The average molecular weight is 302 g/mol. The Kier molecular flexibility index (Phi) is 4.23. The van der Waals surface area contributed by atoms with E-state index in [0.29, 0.717) is 6.54 Å². The van der Waals surface area contributed by atoms with Gasteiger partial charge in [-0.05, 0) is 47.3 Å². The first kappa shape index (κ1) is 12.6. The van der Waals surface area contributed by atoms with Crippen LogP contribution in [0.4, 0.5) is 0 Å². The van der Waals surface area contributed by atoms with Crippen LogP contribution in [0.2, 0.25) is 0 Å². The zero-order chi connectivity index (χ0) is 12.3. The van der Waals surface area contributed by atoms with Gasteiger partial charge in [-0.2, -0.15) is 0 Å². The minimum Gasteiger partial charge on any atom is -0.481 e. The Labute approximate surface area is 109 Å². The molecule has 94 valence electrons. The smallest absolute Gasteiger partial charge is 0.306 e. The van der Waals surface area contributed by atoms with Crippen LogP contribution in [0.5, 0.6) is 0 Å². The molecule has 0 amide bonds. The molecule has 5 heteroatoms. The van der Waals surface area contributed by atoms with Gasteiger partial charge in [-0.1, -0.05) is 6.42 Å². The Morgan fingerprint density at radius 1 is 1.53 bits per heavy atom. The van der Waals surface area contributed by atoms with Gasteiger partial charge in [0.05, 0.1) is 12.5 Å². The second kappa shape index (κ2) is 5.69. The SMILES string of the molecule is O=C(O)C1CCCC(NCc2ccc(Br)o2)C1. The zero-order valence-corrected chi connectivity index (χ0v) is 11.1. The molecule has 0 aliphatic heterocycles. The Morgan fingerprint density at radius 3 is 3.00 bits per heavy atom. The number of furan rings is 1. The van der Waals surface area contributed by atoms with E-state index >= 15 is 0 Å². The summed E-state index contributed by atoms with van der Waals surface area (Å²) in [4.78, 5) is 10.9. The monoisotopic (exact) mass is 301 g/mol. The highest BCUT2D eigenvalue weighted by molar-refractivity contribution is 9.10. The van der Waals surface area contributed by atoms with Gasteiger partial charge in [0.15, 0.2) is 4.67 Å². The van der Waals surface area contributed by atoms with Gasteiger partial charge in [0.1, 0.15) is 5.76 Å². The molecule has 2 N–H and O–H groups in total. The molecule has 2 unspecified atom stereocenters. The van der Waals surface area contributed by atoms with E-state index in [2.05, 4.69) is 21.2 Å². The highest BCUT2D eigenvalue weighted by atomic mass is 79.9. The van der Waals surface area contributed by atoms with Gasteiger partial charge in [-0.3, -0.25) is 4.79 Å². The molecule has 1 aromatic rings. The number of carboxylic acids is 1. The maximum absolute atomic E-state index is 10.9. The maximum Gasteiger partial charge on any atom is 0.306 e. The fourth-order valence-corrected chi connectivity index (χ4v) is 2.63. The van der Waals surface area contributed by atoms with E-state index in [1.54, 1.807) is 0 Å². The van der Waals surface area contributed by atoms with Crippen molar-refractivity contribution in [3.63, 3.8) is 0 Å². The van der Waals surface area contributed by atoms with Gasteiger partial charge in [-0.15, -0.1) is 0 Å². The summed E-state index contributed by atoms with van der Waals surface area (Å²) >= 11 is 3.25. The van der Waals surface area contributed by atoms with E-state index in [-0.39, 0.29) is 12.0 Å². The van der Waals surface area contributed by atoms with Gasteiger partial charge in [0.25, 0.3) is 0 Å². The summed E-state index contributed by atoms with van der Waals surface area (Å²) in [5.74, 6) is 0.0103. The third-order valence-corrected chi connectivity index (χ3v) is 3.64. The molecule has 4 nitrogen and oxygen atoms in total. The van der Waals surface area contributed by atoms with E-state index in [1.807, 2.05) is 12.1 Å². The van der Waals surface area contributed by atoms with Gasteiger partial charge >= 0.3 is 5.97 Å². The summed E-state index contributed by atoms with van der Waals surface area (Å²) in [5, 5.41) is 12.4. The fourth-order valence-electron chi connectivity index (χ4n) is 2.29. The summed E-state index contributed by atoms with van der Waals surface area (Å²) in [6, 6.07) is 4.06. The van der Waals surface area contributed by atoms with Crippen LogP contribution in [0.15, 0.2) is 21.2 Å². The van der Waals surface area contributed by atoms with Crippen molar-refractivity contribution in [3.8, 4) is 0 Å². The standard InChI is InChI=1S/C12H16BrNO3/c13-11-5-4-10(17-11)7-14-9-3-1-2-8(6-9)12(15)16/h4-5,8-9,14H,1-3,6-7H2,(H,15,16). The first-order valence-electron chi connectivity index (χ1n) is 5.85. The lowest BCUT2D eigenvalue weighted by atomic mass is 9.86. The topological polar surface area (TPSA) is 62.5 Å². The van der Waals surface area contributed by atoms with Crippen LogP contribution in [0, 0.1) is 5.92 Å². The predicted octanol–water partition coefficient (Wildman–Crippen LogP) is 2.78. The minimum atomic E-state index is -0.669. The third-order valence-electron chi connectivity index (χ3n) is 3.22. The van der Waals surface area contributed by atoms with Crippen molar-refractivity contribution in [2.75, 3.05) is 0 Å². The number of halogens is 1. The molecule has 1 fully saturated rings. The Morgan fingerprint density at radius 2 is 2.35 bits per heavy atom. The van der Waals surface area contributed by atoms with E-state index in [0.717, 1.165) is 36.1 Å². The highest BCUT2D eigenvalue weighted by Gasteiger charge is 2.26. The van der Waals surface area contributed by atoms with Crippen LogP contribution < -0.4 is 5.32 Å². The van der Waals surface area contributed by atoms with Crippen molar-refractivity contribution in [2.24, 2.45) is 5.92 Å². The van der Waals surface area contributed by atoms with Crippen molar-refractivity contribution < 1.29 is 14.3 Å². The van der Waals surface area contributed by atoms with Crippen LogP contribution in [0.3, 0.4) is 0 Å². The van der Waals surface area contributed by atoms with Gasteiger partial charge < -0.3 is 14.8 Å². The summed E-state index contributed by atoms with van der Waals surface area (Å²) in [6.07, 6.45) is 3.55. The number of hydrogen-bond donors (Lipinski definition) is 2. The summed E-state index contributed by atoms with van der Waals surface area (Å²) in [6.45, 7) is 0.655. The molecule has 1 aliphatic carbocycles. The first-order chi connectivity index (χ1) is 8.15. The van der Waals surface area contributed by atoms with E-state index in [1.165, 1.54) is 0 Å². The quantitative estimate of drug-likeness (QED) is 0.898. The van der Waals surface area contributed by atoms with Gasteiger partial charge in [0, 0.05) is 6.04 Å². The minimum absolute atomic E-state index is 0.190. The molecule has 2 rings (SSSR count).